The van der Waals surface area contributed by atoms with E-state index in [9.17, 15) is 9.59 Å². The Morgan fingerprint density at radius 2 is 1.89 bits per heavy atom. The molecule has 0 aliphatic heterocycles. The molecule has 0 aliphatic rings. The molecule has 3 rings (SSSR count). The van der Waals surface area contributed by atoms with Crippen molar-refractivity contribution >= 4 is 40.1 Å². The highest BCUT2D eigenvalue weighted by atomic mass is 35.5. The van der Waals surface area contributed by atoms with Gasteiger partial charge in [0.1, 0.15) is 18.0 Å². The number of ether oxygens (including phenoxy) is 2. The van der Waals surface area contributed by atoms with Crippen molar-refractivity contribution in [2.24, 2.45) is 0 Å². The molecule has 146 valence electrons. The number of aromatic nitrogens is 2. The van der Waals surface area contributed by atoms with Gasteiger partial charge in [0.25, 0.3) is 0 Å². The van der Waals surface area contributed by atoms with Crippen LogP contribution >= 0.6 is 11.6 Å². The Labute approximate surface area is 165 Å². The lowest BCUT2D eigenvalue weighted by molar-refractivity contribution is -0.136. The maximum absolute atomic E-state index is 12.6. The van der Waals surface area contributed by atoms with Gasteiger partial charge in [0.15, 0.2) is 0 Å². The van der Waals surface area contributed by atoms with Crippen molar-refractivity contribution < 1.29 is 24.2 Å². The summed E-state index contributed by atoms with van der Waals surface area (Å²) < 4.78 is 11.9. The fourth-order valence-electron chi connectivity index (χ4n) is 2.87. The van der Waals surface area contributed by atoms with Crippen molar-refractivity contribution in [2.45, 2.75) is 13.0 Å². The van der Waals surface area contributed by atoms with Crippen molar-refractivity contribution in [1.82, 2.24) is 9.78 Å². The Kier molecular flexibility index (Phi) is 5.70. The number of benzene rings is 2. The number of fused-ring (bicyclic) bond motifs is 1. The van der Waals surface area contributed by atoms with E-state index in [-0.39, 0.29) is 18.9 Å². The molecular weight excluding hydrogens is 386 g/mol. The Bertz CT molecular complexity index is 1050. The van der Waals surface area contributed by atoms with Gasteiger partial charge in [-0.05, 0) is 12.1 Å². The summed E-state index contributed by atoms with van der Waals surface area (Å²) in [5.41, 5.74) is 1.47. The number of anilines is 1. The number of para-hydroxylation sites is 1. The van der Waals surface area contributed by atoms with Crippen LogP contribution in [0, 0.1) is 0 Å². The van der Waals surface area contributed by atoms with Crippen molar-refractivity contribution in [3.05, 3.63) is 47.1 Å². The lowest BCUT2D eigenvalue weighted by atomic mass is 10.2. The average Bonchev–Trinajstić information content (AvgIpc) is 2.99. The van der Waals surface area contributed by atoms with E-state index in [0.29, 0.717) is 38.8 Å². The second-order valence-corrected chi connectivity index (χ2v) is 6.33. The number of halogens is 1. The largest absolute Gasteiger partial charge is 0.495 e. The minimum absolute atomic E-state index is 0.104. The van der Waals surface area contributed by atoms with Crippen LogP contribution < -0.4 is 14.8 Å². The molecule has 0 spiro atoms. The molecule has 0 fully saturated rings. The predicted molar refractivity (Wildman–Crippen MR) is 104 cm³/mol. The molecule has 0 aliphatic carbocycles. The number of methoxy groups -OCH3 is 2. The zero-order valence-corrected chi connectivity index (χ0v) is 16.0. The fraction of sp³-hybridized carbons (Fsp3) is 0.211. The summed E-state index contributed by atoms with van der Waals surface area (Å²) in [6, 6.07) is 10.3. The van der Waals surface area contributed by atoms with Gasteiger partial charge < -0.3 is 19.9 Å². The summed E-state index contributed by atoms with van der Waals surface area (Å²) in [5.74, 6) is -0.536. The maximum atomic E-state index is 12.6. The molecular formula is C19H18ClN3O5. The zero-order valence-electron chi connectivity index (χ0n) is 15.2. The molecule has 0 unspecified atom stereocenters. The average molecular weight is 404 g/mol. The quantitative estimate of drug-likeness (QED) is 0.628. The highest BCUT2D eigenvalue weighted by molar-refractivity contribution is 6.32. The van der Waals surface area contributed by atoms with Crippen LogP contribution in [0.2, 0.25) is 5.02 Å². The summed E-state index contributed by atoms with van der Waals surface area (Å²) in [6.07, 6.45) is -0.225. The Morgan fingerprint density at radius 1 is 1.18 bits per heavy atom. The maximum Gasteiger partial charge on any atom is 0.309 e. The van der Waals surface area contributed by atoms with Crippen LogP contribution in [-0.2, 0) is 22.6 Å². The molecule has 0 saturated carbocycles. The number of carboxylic acid groups (broad SMARTS) is 1. The van der Waals surface area contributed by atoms with E-state index in [0.717, 1.165) is 0 Å². The molecule has 2 aromatic carbocycles. The van der Waals surface area contributed by atoms with Crippen LogP contribution in [0.5, 0.6) is 11.5 Å². The van der Waals surface area contributed by atoms with Crippen LogP contribution in [0.15, 0.2) is 36.4 Å². The van der Waals surface area contributed by atoms with Crippen molar-refractivity contribution in [1.29, 1.82) is 0 Å². The Balaban J connectivity index is 1.86. The van der Waals surface area contributed by atoms with Gasteiger partial charge in [-0.1, -0.05) is 29.8 Å². The van der Waals surface area contributed by atoms with Crippen LogP contribution in [0.25, 0.3) is 10.9 Å². The van der Waals surface area contributed by atoms with Crippen molar-refractivity contribution in [2.75, 3.05) is 19.5 Å². The predicted octanol–water partition coefficient (Wildman–Crippen LogP) is 2.97. The van der Waals surface area contributed by atoms with E-state index in [1.807, 2.05) is 0 Å². The summed E-state index contributed by atoms with van der Waals surface area (Å²) in [6.45, 7) is -0.104. The van der Waals surface area contributed by atoms with E-state index < -0.39 is 5.97 Å². The third kappa shape index (κ3) is 4.01. The first kappa shape index (κ1) is 19.5. The molecule has 1 heterocycles. The van der Waals surface area contributed by atoms with E-state index >= 15 is 0 Å². The van der Waals surface area contributed by atoms with Crippen molar-refractivity contribution in [3.63, 3.8) is 0 Å². The molecule has 1 amide bonds. The van der Waals surface area contributed by atoms with Gasteiger partial charge in [-0.25, -0.2) is 0 Å². The zero-order chi connectivity index (χ0) is 20.3. The van der Waals surface area contributed by atoms with Crippen LogP contribution in [0.3, 0.4) is 0 Å². The molecule has 0 atom stereocenters. The topological polar surface area (TPSA) is 103 Å². The van der Waals surface area contributed by atoms with E-state index in [2.05, 4.69) is 10.4 Å². The van der Waals surface area contributed by atoms with E-state index in [1.54, 1.807) is 30.3 Å². The lowest BCUT2D eigenvalue weighted by Crippen LogP contribution is -2.20. The van der Waals surface area contributed by atoms with Gasteiger partial charge in [0.05, 0.1) is 42.6 Å². The second kappa shape index (κ2) is 8.18. The molecule has 3 aromatic rings. The molecule has 9 heteroatoms. The molecule has 8 nitrogen and oxygen atoms in total. The summed E-state index contributed by atoms with van der Waals surface area (Å²) in [5, 5.41) is 17.1. The first-order valence-electron chi connectivity index (χ1n) is 8.30. The number of hydrogen-bond donors (Lipinski definition) is 2. The van der Waals surface area contributed by atoms with Crippen LogP contribution in [-0.4, -0.2) is 41.0 Å². The number of carbonyl (C=O) groups is 2. The van der Waals surface area contributed by atoms with Gasteiger partial charge in [0, 0.05) is 11.5 Å². The van der Waals surface area contributed by atoms with Crippen molar-refractivity contribution in [3.8, 4) is 11.5 Å². The summed E-state index contributed by atoms with van der Waals surface area (Å²) in [4.78, 5) is 23.6. The molecule has 0 bridgehead atoms. The SMILES string of the molecule is COc1cc(OC)c(NC(=O)Cn2nc(CC(=O)O)c3ccccc32)cc1Cl. The van der Waals surface area contributed by atoms with E-state index in [1.165, 1.54) is 25.0 Å². The number of nitrogens with one attached hydrogen (secondary N) is 1. The number of hydrogen-bond acceptors (Lipinski definition) is 5. The monoisotopic (exact) mass is 403 g/mol. The third-order valence-electron chi connectivity index (χ3n) is 4.09. The number of amides is 1. The molecule has 0 saturated heterocycles. The highest BCUT2D eigenvalue weighted by Gasteiger charge is 2.17. The third-order valence-corrected chi connectivity index (χ3v) is 4.39. The van der Waals surface area contributed by atoms with Gasteiger partial charge in [-0.15, -0.1) is 0 Å². The van der Waals surface area contributed by atoms with Crippen LogP contribution in [0.1, 0.15) is 5.69 Å². The van der Waals surface area contributed by atoms with Gasteiger partial charge in [-0.3, -0.25) is 14.3 Å². The lowest BCUT2D eigenvalue weighted by Gasteiger charge is -2.13. The summed E-state index contributed by atoms with van der Waals surface area (Å²) in [7, 11) is 2.95. The Morgan fingerprint density at radius 3 is 2.57 bits per heavy atom. The minimum atomic E-state index is -0.988. The van der Waals surface area contributed by atoms with Crippen LogP contribution in [0.4, 0.5) is 5.69 Å². The second-order valence-electron chi connectivity index (χ2n) is 5.93. The normalized spacial score (nSPS) is 10.7. The number of aliphatic carboxylic acids is 1. The van der Waals surface area contributed by atoms with Gasteiger partial charge in [-0.2, -0.15) is 5.10 Å². The molecule has 0 radical (unpaired) electrons. The molecule has 1 aromatic heterocycles. The summed E-state index contributed by atoms with van der Waals surface area (Å²) >= 11 is 6.13. The highest BCUT2D eigenvalue weighted by Crippen LogP contribution is 2.35. The molecule has 28 heavy (non-hydrogen) atoms. The standard InChI is InChI=1S/C19H18ClN3O5/c1-27-16-9-17(28-2)14(7-12(16)20)21-18(24)10-23-15-6-4-3-5-11(15)13(22-23)8-19(25)26/h3-7,9H,8,10H2,1-2H3,(H,21,24)(H,25,26). The fourth-order valence-corrected chi connectivity index (χ4v) is 3.11. The first-order chi connectivity index (χ1) is 13.4. The number of carbonyl (C=O) groups excluding carboxylic acids is 1. The number of nitrogens with zero attached hydrogens (tertiary/aromatic N) is 2. The minimum Gasteiger partial charge on any atom is -0.495 e. The number of carboxylic acids is 1. The Hall–Kier alpha value is -3.26. The van der Waals surface area contributed by atoms with Gasteiger partial charge in [0.2, 0.25) is 5.91 Å². The van der Waals surface area contributed by atoms with Gasteiger partial charge >= 0.3 is 5.97 Å². The number of rotatable bonds is 7. The molecule has 2 N–H and O–H groups in total. The van der Waals surface area contributed by atoms with E-state index in [4.69, 9.17) is 26.2 Å². The first-order valence-corrected chi connectivity index (χ1v) is 8.68. The smallest absolute Gasteiger partial charge is 0.309 e.